The Bertz CT molecular complexity index is 240. The van der Waals surface area contributed by atoms with Crippen molar-refractivity contribution in [2.45, 2.75) is 12.3 Å². The minimum Gasteiger partial charge on any atom is -0.382 e. The first-order valence-electron chi connectivity index (χ1n) is 6.13. The average molecular weight is 269 g/mol. The zero-order valence-electron chi connectivity index (χ0n) is 10.9. The van der Waals surface area contributed by atoms with Crippen LogP contribution in [-0.4, -0.2) is 92.0 Å². The summed E-state index contributed by atoms with van der Waals surface area (Å²) in [5.41, 5.74) is 0. The van der Waals surface area contributed by atoms with Gasteiger partial charge in [0.15, 0.2) is 6.10 Å². The van der Waals surface area contributed by atoms with E-state index in [1.807, 2.05) is 14.1 Å². The summed E-state index contributed by atoms with van der Waals surface area (Å²) in [5, 5.41) is 8.99. The van der Waals surface area contributed by atoms with E-state index in [0.29, 0.717) is 13.1 Å². The summed E-state index contributed by atoms with van der Waals surface area (Å²) in [6.07, 6.45) is -6.74. The van der Waals surface area contributed by atoms with Gasteiger partial charge >= 0.3 is 6.18 Å². The average Bonchev–Trinajstić information content (AvgIpc) is 2.26. The van der Waals surface area contributed by atoms with Crippen LogP contribution in [0.5, 0.6) is 0 Å². The largest absolute Gasteiger partial charge is 0.415 e. The van der Waals surface area contributed by atoms with Crippen LogP contribution in [0.15, 0.2) is 0 Å². The molecule has 1 aliphatic heterocycles. The predicted octanol–water partition coefficient (Wildman–Crippen LogP) is 0.0888. The Morgan fingerprint density at radius 2 is 1.61 bits per heavy atom. The molecule has 0 aromatic heterocycles. The molecule has 0 amide bonds. The van der Waals surface area contributed by atoms with Gasteiger partial charge < -0.3 is 10.0 Å². The van der Waals surface area contributed by atoms with Gasteiger partial charge in [0.25, 0.3) is 0 Å². The van der Waals surface area contributed by atoms with E-state index in [2.05, 4.69) is 9.80 Å². The molecule has 4 nitrogen and oxygen atoms in total. The number of β-amino-alcohol motifs (C(OH)–C–C–N with tert-alkyl or cyclic N) is 1. The Labute approximate surface area is 106 Å². The number of piperazine rings is 1. The van der Waals surface area contributed by atoms with Gasteiger partial charge in [-0.3, -0.25) is 9.80 Å². The highest BCUT2D eigenvalue weighted by Gasteiger charge is 2.39. The molecule has 1 N–H and O–H groups in total. The standard InChI is InChI=1S/C11H22F3N3O/c1-15(2)3-4-16-5-7-17(8-6-16)9-10(18)11(12,13)14/h10,18H,3-9H2,1-2H3. The molecule has 0 saturated carbocycles. The van der Waals surface area contributed by atoms with Crippen LogP contribution in [0, 0.1) is 0 Å². The minimum atomic E-state index is -4.51. The van der Waals surface area contributed by atoms with E-state index in [9.17, 15) is 13.2 Å². The Morgan fingerprint density at radius 3 is 2.06 bits per heavy atom. The maximum absolute atomic E-state index is 12.2. The molecule has 7 heteroatoms. The molecule has 0 aromatic rings. The molecule has 1 heterocycles. The van der Waals surface area contributed by atoms with E-state index in [0.717, 1.165) is 26.2 Å². The lowest BCUT2D eigenvalue weighted by molar-refractivity contribution is -0.208. The van der Waals surface area contributed by atoms with Gasteiger partial charge in [0.1, 0.15) is 0 Å². The van der Waals surface area contributed by atoms with E-state index in [1.54, 1.807) is 4.90 Å². The molecule has 18 heavy (non-hydrogen) atoms. The van der Waals surface area contributed by atoms with Crippen LogP contribution < -0.4 is 0 Å². The lowest BCUT2D eigenvalue weighted by Gasteiger charge is -2.36. The van der Waals surface area contributed by atoms with Gasteiger partial charge in [-0.15, -0.1) is 0 Å². The molecular formula is C11H22F3N3O. The summed E-state index contributed by atoms with van der Waals surface area (Å²) in [4.78, 5) is 5.99. The molecule has 1 unspecified atom stereocenters. The van der Waals surface area contributed by atoms with Gasteiger partial charge in [0.2, 0.25) is 0 Å². The first-order valence-corrected chi connectivity index (χ1v) is 6.13. The van der Waals surface area contributed by atoms with Crippen molar-refractivity contribution in [3.8, 4) is 0 Å². The van der Waals surface area contributed by atoms with Crippen molar-refractivity contribution in [2.75, 3.05) is 59.9 Å². The summed E-state index contributed by atoms with van der Waals surface area (Å²) in [6, 6.07) is 0. The van der Waals surface area contributed by atoms with Crippen molar-refractivity contribution in [3.05, 3.63) is 0 Å². The van der Waals surface area contributed by atoms with Crippen LogP contribution in [0.1, 0.15) is 0 Å². The number of halogens is 3. The fraction of sp³-hybridized carbons (Fsp3) is 1.00. The smallest absolute Gasteiger partial charge is 0.382 e. The van der Waals surface area contributed by atoms with Crippen molar-refractivity contribution in [1.29, 1.82) is 0 Å². The normalized spacial score (nSPS) is 21.5. The number of aliphatic hydroxyl groups is 1. The first kappa shape index (κ1) is 15.7. The first-order chi connectivity index (χ1) is 8.29. The fourth-order valence-corrected chi connectivity index (χ4v) is 1.88. The quantitative estimate of drug-likeness (QED) is 0.766. The maximum Gasteiger partial charge on any atom is 0.415 e. The molecule has 1 saturated heterocycles. The zero-order valence-corrected chi connectivity index (χ0v) is 10.9. The second-order valence-corrected chi connectivity index (χ2v) is 5.00. The van der Waals surface area contributed by atoms with Gasteiger partial charge in [-0.25, -0.2) is 0 Å². The van der Waals surface area contributed by atoms with Crippen molar-refractivity contribution in [1.82, 2.24) is 14.7 Å². The maximum atomic E-state index is 12.2. The predicted molar refractivity (Wildman–Crippen MR) is 63.5 cm³/mol. The second kappa shape index (κ2) is 6.70. The molecule has 0 spiro atoms. The van der Waals surface area contributed by atoms with Gasteiger partial charge in [-0.2, -0.15) is 13.2 Å². The number of alkyl halides is 3. The summed E-state index contributed by atoms with van der Waals surface area (Å²) < 4.78 is 36.6. The Kier molecular flexibility index (Phi) is 5.84. The van der Waals surface area contributed by atoms with Gasteiger partial charge in [-0.05, 0) is 14.1 Å². The van der Waals surface area contributed by atoms with Crippen molar-refractivity contribution < 1.29 is 18.3 Å². The molecule has 0 aliphatic carbocycles. The van der Waals surface area contributed by atoms with Gasteiger partial charge in [-0.1, -0.05) is 0 Å². The number of hydrogen-bond donors (Lipinski definition) is 1. The summed E-state index contributed by atoms with van der Waals surface area (Å²) >= 11 is 0. The molecule has 1 atom stereocenters. The molecule has 108 valence electrons. The number of aliphatic hydroxyl groups excluding tert-OH is 1. The van der Waals surface area contributed by atoms with Crippen molar-refractivity contribution >= 4 is 0 Å². The molecule has 0 bridgehead atoms. The van der Waals surface area contributed by atoms with E-state index < -0.39 is 12.3 Å². The summed E-state index contributed by atoms with van der Waals surface area (Å²) in [6.45, 7) is 4.26. The van der Waals surface area contributed by atoms with Crippen LogP contribution >= 0.6 is 0 Å². The van der Waals surface area contributed by atoms with Crippen LogP contribution in [0.2, 0.25) is 0 Å². The summed E-state index contributed by atoms with van der Waals surface area (Å²) in [7, 11) is 3.99. The third-order valence-electron chi connectivity index (χ3n) is 3.14. The Hall–Kier alpha value is -0.370. The molecule has 0 aromatic carbocycles. The van der Waals surface area contributed by atoms with E-state index in [-0.39, 0.29) is 6.54 Å². The van der Waals surface area contributed by atoms with Crippen LogP contribution in [0.3, 0.4) is 0 Å². The lowest BCUT2D eigenvalue weighted by Crippen LogP contribution is -2.51. The van der Waals surface area contributed by atoms with E-state index in [4.69, 9.17) is 5.11 Å². The van der Waals surface area contributed by atoms with E-state index >= 15 is 0 Å². The molecule has 0 radical (unpaired) electrons. The molecule has 1 rings (SSSR count). The van der Waals surface area contributed by atoms with Crippen molar-refractivity contribution in [2.24, 2.45) is 0 Å². The van der Waals surface area contributed by atoms with Gasteiger partial charge in [0, 0.05) is 45.8 Å². The van der Waals surface area contributed by atoms with Crippen molar-refractivity contribution in [3.63, 3.8) is 0 Å². The monoisotopic (exact) mass is 269 g/mol. The third-order valence-corrected chi connectivity index (χ3v) is 3.14. The minimum absolute atomic E-state index is 0.314. The number of nitrogens with zero attached hydrogens (tertiary/aromatic N) is 3. The van der Waals surface area contributed by atoms with E-state index in [1.165, 1.54) is 0 Å². The Balaban J connectivity index is 2.23. The van der Waals surface area contributed by atoms with Crippen LogP contribution in [0.4, 0.5) is 13.2 Å². The number of rotatable bonds is 5. The SMILES string of the molecule is CN(C)CCN1CCN(CC(O)C(F)(F)F)CC1. The highest BCUT2D eigenvalue weighted by molar-refractivity contribution is 4.77. The van der Waals surface area contributed by atoms with Crippen LogP contribution in [0.25, 0.3) is 0 Å². The highest BCUT2D eigenvalue weighted by Crippen LogP contribution is 2.21. The highest BCUT2D eigenvalue weighted by atomic mass is 19.4. The number of hydrogen-bond acceptors (Lipinski definition) is 4. The second-order valence-electron chi connectivity index (χ2n) is 5.00. The number of likely N-dealkylation sites (N-methyl/N-ethyl adjacent to an activating group) is 1. The third kappa shape index (κ3) is 5.51. The topological polar surface area (TPSA) is 30.0 Å². The fourth-order valence-electron chi connectivity index (χ4n) is 1.88. The Morgan fingerprint density at radius 1 is 1.11 bits per heavy atom. The molecule has 1 aliphatic rings. The van der Waals surface area contributed by atoms with Crippen LogP contribution in [-0.2, 0) is 0 Å². The molecular weight excluding hydrogens is 247 g/mol. The zero-order chi connectivity index (χ0) is 13.8. The van der Waals surface area contributed by atoms with Gasteiger partial charge in [0.05, 0.1) is 0 Å². The molecule has 1 fully saturated rings. The summed E-state index contributed by atoms with van der Waals surface area (Å²) in [5.74, 6) is 0. The lowest BCUT2D eigenvalue weighted by atomic mass is 10.2.